The van der Waals surface area contributed by atoms with Crippen LogP contribution in [0.3, 0.4) is 0 Å². The Balaban J connectivity index is 2.17. The molecule has 80 valence electrons. The minimum Gasteiger partial charge on any atom is -0.454 e. The van der Waals surface area contributed by atoms with Crippen molar-refractivity contribution in [2.24, 2.45) is 5.73 Å². The molecule has 0 saturated heterocycles. The lowest BCUT2D eigenvalue weighted by molar-refractivity contribution is 0.173. The van der Waals surface area contributed by atoms with Crippen LogP contribution in [-0.4, -0.2) is 13.3 Å². The lowest BCUT2D eigenvalue weighted by Crippen LogP contribution is -2.21. The van der Waals surface area contributed by atoms with Crippen molar-refractivity contribution in [2.45, 2.75) is 25.2 Å². The minimum atomic E-state index is 0.170. The van der Waals surface area contributed by atoms with Gasteiger partial charge in [0, 0.05) is 17.5 Å². The first-order valence-corrected chi connectivity index (χ1v) is 5.37. The predicted molar refractivity (Wildman–Crippen MR) is 57.3 cm³/mol. The van der Waals surface area contributed by atoms with Gasteiger partial charge < -0.3 is 15.2 Å². The van der Waals surface area contributed by atoms with E-state index in [0.29, 0.717) is 13.3 Å². The van der Waals surface area contributed by atoms with Crippen LogP contribution in [0.25, 0.3) is 0 Å². The minimum absolute atomic E-state index is 0.170. The molecule has 2 aliphatic rings. The van der Waals surface area contributed by atoms with Gasteiger partial charge in [0.1, 0.15) is 0 Å². The van der Waals surface area contributed by atoms with E-state index < -0.39 is 0 Å². The molecule has 0 aromatic heterocycles. The highest BCUT2D eigenvalue weighted by Gasteiger charge is 2.47. The average Bonchev–Trinajstić information content (AvgIpc) is 2.88. The summed E-state index contributed by atoms with van der Waals surface area (Å²) in [6.07, 6.45) is 2.34. The van der Waals surface area contributed by atoms with Gasteiger partial charge in [-0.25, -0.2) is 0 Å². The Morgan fingerprint density at radius 3 is 2.80 bits per heavy atom. The summed E-state index contributed by atoms with van der Waals surface area (Å²) in [6.45, 7) is 3.16. The smallest absolute Gasteiger partial charge is 0.231 e. The zero-order valence-electron chi connectivity index (χ0n) is 8.88. The van der Waals surface area contributed by atoms with Gasteiger partial charge in [-0.1, -0.05) is 6.07 Å². The molecular weight excluding hydrogens is 190 g/mol. The first kappa shape index (κ1) is 9.04. The van der Waals surface area contributed by atoms with E-state index in [-0.39, 0.29) is 5.41 Å². The van der Waals surface area contributed by atoms with Gasteiger partial charge in [-0.3, -0.25) is 0 Å². The van der Waals surface area contributed by atoms with Gasteiger partial charge in [0.2, 0.25) is 6.79 Å². The molecule has 1 fully saturated rings. The Labute approximate surface area is 89.2 Å². The number of ether oxygens (including phenoxy) is 2. The number of rotatable bonds is 2. The molecule has 15 heavy (non-hydrogen) atoms. The van der Waals surface area contributed by atoms with Crippen molar-refractivity contribution in [3.05, 3.63) is 23.3 Å². The van der Waals surface area contributed by atoms with Crippen LogP contribution in [0.1, 0.15) is 24.0 Å². The summed E-state index contributed by atoms with van der Waals surface area (Å²) in [7, 11) is 0. The highest BCUT2D eigenvalue weighted by Crippen LogP contribution is 2.54. The molecule has 1 saturated carbocycles. The molecule has 1 aliphatic carbocycles. The average molecular weight is 205 g/mol. The van der Waals surface area contributed by atoms with Crippen LogP contribution in [0, 0.1) is 6.92 Å². The van der Waals surface area contributed by atoms with Crippen molar-refractivity contribution in [1.82, 2.24) is 0 Å². The number of benzene rings is 1. The largest absolute Gasteiger partial charge is 0.454 e. The third-order valence-electron chi connectivity index (χ3n) is 3.52. The summed E-state index contributed by atoms with van der Waals surface area (Å²) in [5, 5.41) is 0. The van der Waals surface area contributed by atoms with Gasteiger partial charge >= 0.3 is 0 Å². The first-order valence-electron chi connectivity index (χ1n) is 5.37. The van der Waals surface area contributed by atoms with Gasteiger partial charge in [-0.05, 0) is 31.4 Å². The van der Waals surface area contributed by atoms with Crippen LogP contribution in [0.5, 0.6) is 11.5 Å². The molecule has 0 amide bonds. The third kappa shape index (κ3) is 1.16. The molecule has 3 heteroatoms. The number of nitrogens with two attached hydrogens (primary N) is 1. The van der Waals surface area contributed by atoms with Crippen LogP contribution in [0.15, 0.2) is 12.1 Å². The quantitative estimate of drug-likeness (QED) is 0.799. The normalized spacial score (nSPS) is 20.4. The van der Waals surface area contributed by atoms with Gasteiger partial charge in [0.25, 0.3) is 0 Å². The Bertz CT molecular complexity index is 410. The Morgan fingerprint density at radius 1 is 1.33 bits per heavy atom. The fraction of sp³-hybridized carbons (Fsp3) is 0.500. The fourth-order valence-electron chi connectivity index (χ4n) is 2.44. The Kier molecular flexibility index (Phi) is 1.74. The maximum absolute atomic E-state index is 5.87. The molecule has 0 spiro atoms. The molecule has 0 radical (unpaired) electrons. The number of hydrogen-bond acceptors (Lipinski definition) is 3. The van der Waals surface area contributed by atoms with Gasteiger partial charge in [0.05, 0.1) is 0 Å². The van der Waals surface area contributed by atoms with Crippen molar-refractivity contribution >= 4 is 0 Å². The van der Waals surface area contributed by atoms with Gasteiger partial charge in [-0.15, -0.1) is 0 Å². The van der Waals surface area contributed by atoms with Crippen LogP contribution in [0.2, 0.25) is 0 Å². The van der Waals surface area contributed by atoms with Crippen molar-refractivity contribution < 1.29 is 9.47 Å². The molecule has 0 bridgehead atoms. The predicted octanol–water partition coefficient (Wildman–Crippen LogP) is 1.71. The standard InChI is InChI=1S/C12H15NO2/c1-8-2-3-9-11(15-7-14-9)10(8)12(6-13)4-5-12/h2-3H,4-7,13H2,1H3. The molecule has 0 unspecified atom stereocenters. The summed E-state index contributed by atoms with van der Waals surface area (Å²) in [6, 6.07) is 4.08. The number of hydrogen-bond donors (Lipinski definition) is 1. The second kappa shape index (κ2) is 2.89. The molecule has 3 rings (SSSR count). The number of aryl methyl sites for hydroxylation is 1. The van der Waals surface area contributed by atoms with Gasteiger partial charge in [0.15, 0.2) is 11.5 Å². The van der Waals surface area contributed by atoms with Crippen molar-refractivity contribution in [2.75, 3.05) is 13.3 Å². The fourth-order valence-corrected chi connectivity index (χ4v) is 2.44. The Morgan fingerprint density at radius 2 is 2.13 bits per heavy atom. The third-order valence-corrected chi connectivity index (χ3v) is 3.52. The maximum atomic E-state index is 5.87. The second-order valence-electron chi connectivity index (χ2n) is 4.48. The maximum Gasteiger partial charge on any atom is 0.231 e. The van der Waals surface area contributed by atoms with E-state index in [4.69, 9.17) is 15.2 Å². The molecule has 0 atom stereocenters. The zero-order valence-corrected chi connectivity index (χ0v) is 8.88. The lowest BCUT2D eigenvalue weighted by atomic mass is 9.90. The van der Waals surface area contributed by atoms with E-state index in [1.165, 1.54) is 24.0 Å². The summed E-state index contributed by atoms with van der Waals surface area (Å²) in [5.74, 6) is 1.80. The molecule has 3 nitrogen and oxygen atoms in total. The van der Waals surface area contributed by atoms with E-state index in [1.807, 2.05) is 6.07 Å². The highest BCUT2D eigenvalue weighted by molar-refractivity contribution is 5.57. The molecule has 1 aromatic carbocycles. The summed E-state index contributed by atoms with van der Waals surface area (Å²) in [5.41, 5.74) is 8.58. The van der Waals surface area contributed by atoms with Crippen molar-refractivity contribution in [3.63, 3.8) is 0 Å². The van der Waals surface area contributed by atoms with Crippen molar-refractivity contribution in [1.29, 1.82) is 0 Å². The second-order valence-corrected chi connectivity index (χ2v) is 4.48. The van der Waals surface area contributed by atoms with Crippen LogP contribution < -0.4 is 15.2 Å². The topological polar surface area (TPSA) is 44.5 Å². The van der Waals surface area contributed by atoms with E-state index in [9.17, 15) is 0 Å². The van der Waals surface area contributed by atoms with Gasteiger partial charge in [-0.2, -0.15) is 0 Å². The summed E-state index contributed by atoms with van der Waals surface area (Å²) >= 11 is 0. The van der Waals surface area contributed by atoms with E-state index >= 15 is 0 Å². The van der Waals surface area contributed by atoms with Crippen molar-refractivity contribution in [3.8, 4) is 11.5 Å². The lowest BCUT2D eigenvalue weighted by Gasteiger charge is -2.18. The SMILES string of the molecule is Cc1ccc2c(c1C1(CN)CC1)OCO2. The molecule has 1 aromatic rings. The van der Waals surface area contributed by atoms with Crippen LogP contribution in [-0.2, 0) is 5.41 Å². The van der Waals surface area contributed by atoms with E-state index in [2.05, 4.69) is 13.0 Å². The molecule has 2 N–H and O–H groups in total. The molecule has 1 aliphatic heterocycles. The highest BCUT2D eigenvalue weighted by atomic mass is 16.7. The summed E-state index contributed by atoms with van der Waals surface area (Å²) in [4.78, 5) is 0. The Hall–Kier alpha value is -1.22. The molecular formula is C12H15NO2. The number of fused-ring (bicyclic) bond motifs is 1. The monoisotopic (exact) mass is 205 g/mol. The molecule has 1 heterocycles. The van der Waals surface area contributed by atoms with Crippen LogP contribution in [0.4, 0.5) is 0 Å². The first-order chi connectivity index (χ1) is 7.27. The van der Waals surface area contributed by atoms with E-state index in [1.54, 1.807) is 0 Å². The van der Waals surface area contributed by atoms with Crippen LogP contribution >= 0.6 is 0 Å². The van der Waals surface area contributed by atoms with E-state index in [0.717, 1.165) is 11.5 Å². The summed E-state index contributed by atoms with van der Waals surface area (Å²) < 4.78 is 11.0. The zero-order chi connectivity index (χ0) is 10.5.